The van der Waals surface area contributed by atoms with Gasteiger partial charge in [-0.3, -0.25) is 14.5 Å². The predicted molar refractivity (Wildman–Crippen MR) is 255 cm³/mol. The molecule has 2 heterocycles. The maximum absolute atomic E-state index is 13.2. The normalized spacial score (nSPS) is 19.2. The fraction of sp³-hybridized carbons (Fsp3) is 0.820. The molecule has 2 fully saturated rings. The minimum atomic E-state index is -0.564. The van der Waals surface area contributed by atoms with Crippen LogP contribution in [0.4, 0.5) is 4.79 Å². The lowest BCUT2D eigenvalue weighted by Crippen LogP contribution is -2.40. The van der Waals surface area contributed by atoms with Gasteiger partial charge in [-0.05, 0) is 52.1 Å². The second-order valence-electron chi connectivity index (χ2n) is 17.9. The Kier molecular flexibility index (Phi) is 33.0. The van der Waals surface area contributed by atoms with Gasteiger partial charge in [-0.2, -0.15) is 0 Å². The molecule has 3 amide bonds. The smallest absolute Gasteiger partial charge is 0.410 e. The highest BCUT2D eigenvalue weighted by Crippen LogP contribution is 2.13. The standard InChI is InChI=1S/C50H88N4O12/c1-50(2,3)66-49(57)54-28-36-64-40-38-58-30-22-51(23-31-59-39-41-65-37-29-54)21-15-10-8-6-4-5-7-9-14-18-47(55)52-24-32-60-42-44-62-34-26-53(27-35-63-45-43-61-33-25-52)48(56)20-19-46-16-12-11-13-17-46/h11-13,16-17H,4-10,14-15,18-45H2,1-3H3. The molecule has 0 radical (unpaired) electrons. The number of aryl methyl sites for hydroxylation is 1. The fourth-order valence-electron chi connectivity index (χ4n) is 7.46. The first-order chi connectivity index (χ1) is 32.2. The van der Waals surface area contributed by atoms with Crippen molar-refractivity contribution >= 4 is 17.9 Å². The van der Waals surface area contributed by atoms with Crippen molar-refractivity contribution in [1.29, 1.82) is 0 Å². The first-order valence-corrected chi connectivity index (χ1v) is 25.1. The maximum Gasteiger partial charge on any atom is 0.410 e. The molecule has 1 aromatic rings. The van der Waals surface area contributed by atoms with E-state index in [1.165, 1.54) is 32.1 Å². The third kappa shape index (κ3) is 30.5. The number of hydrogen-bond acceptors (Lipinski definition) is 13. The van der Waals surface area contributed by atoms with Crippen LogP contribution in [-0.4, -0.2) is 208 Å². The Hall–Kier alpha value is -2.93. The van der Waals surface area contributed by atoms with Gasteiger partial charge in [-0.15, -0.1) is 0 Å². The number of rotatable bonds is 15. The summed E-state index contributed by atoms with van der Waals surface area (Å²) in [5.74, 6) is 0.244. The average molecular weight is 937 g/mol. The minimum Gasteiger partial charge on any atom is -0.444 e. The van der Waals surface area contributed by atoms with Crippen molar-refractivity contribution in [3.63, 3.8) is 0 Å². The van der Waals surface area contributed by atoms with E-state index in [1.54, 1.807) is 4.90 Å². The van der Waals surface area contributed by atoms with Gasteiger partial charge < -0.3 is 57.3 Å². The summed E-state index contributed by atoms with van der Waals surface area (Å²) in [6.07, 6.45) is 11.7. The molecule has 16 heteroatoms. The molecule has 0 N–H and O–H groups in total. The second-order valence-corrected chi connectivity index (χ2v) is 17.9. The molecule has 0 saturated carbocycles. The van der Waals surface area contributed by atoms with E-state index in [2.05, 4.69) is 4.90 Å². The number of amides is 3. The van der Waals surface area contributed by atoms with Gasteiger partial charge in [0.2, 0.25) is 11.8 Å². The summed E-state index contributed by atoms with van der Waals surface area (Å²) in [7, 11) is 0. The number of carbonyl (C=O) groups is 3. The summed E-state index contributed by atoms with van der Waals surface area (Å²) in [5.41, 5.74) is 0.585. The lowest BCUT2D eigenvalue weighted by atomic mass is 10.1. The van der Waals surface area contributed by atoms with Crippen molar-refractivity contribution in [2.24, 2.45) is 0 Å². The quantitative estimate of drug-likeness (QED) is 0.193. The van der Waals surface area contributed by atoms with Gasteiger partial charge in [0.25, 0.3) is 0 Å². The lowest BCUT2D eigenvalue weighted by molar-refractivity contribution is -0.134. The van der Waals surface area contributed by atoms with Gasteiger partial charge in [-0.1, -0.05) is 75.3 Å². The van der Waals surface area contributed by atoms with Crippen molar-refractivity contribution < 1.29 is 57.0 Å². The molecule has 0 aliphatic carbocycles. The van der Waals surface area contributed by atoms with E-state index in [0.29, 0.717) is 164 Å². The number of unbranched alkanes of at least 4 members (excludes halogenated alkanes) is 8. The summed E-state index contributed by atoms with van der Waals surface area (Å²) in [6, 6.07) is 10.1. The number of nitrogens with zero attached hydrogens (tertiary/aromatic N) is 4. The van der Waals surface area contributed by atoms with Gasteiger partial charge >= 0.3 is 6.09 Å². The van der Waals surface area contributed by atoms with Gasteiger partial charge in [0.05, 0.1) is 106 Å². The molecule has 66 heavy (non-hydrogen) atoms. The van der Waals surface area contributed by atoms with Crippen LogP contribution in [0.15, 0.2) is 30.3 Å². The molecule has 16 nitrogen and oxygen atoms in total. The summed E-state index contributed by atoms with van der Waals surface area (Å²) in [5, 5.41) is 0. The molecule has 2 aliphatic heterocycles. The molecular formula is C50H88N4O12. The van der Waals surface area contributed by atoms with Crippen LogP contribution in [0.1, 0.15) is 97.0 Å². The number of hydrogen-bond donors (Lipinski definition) is 0. The van der Waals surface area contributed by atoms with Crippen LogP contribution < -0.4 is 0 Å². The van der Waals surface area contributed by atoms with Crippen molar-refractivity contribution in [2.45, 2.75) is 103 Å². The van der Waals surface area contributed by atoms with Crippen molar-refractivity contribution in [2.75, 3.05) is 165 Å². The van der Waals surface area contributed by atoms with E-state index in [-0.39, 0.29) is 17.9 Å². The molecule has 0 unspecified atom stereocenters. The van der Waals surface area contributed by atoms with E-state index in [1.807, 2.05) is 60.9 Å². The lowest BCUT2D eigenvalue weighted by Gasteiger charge is -2.27. The molecule has 0 spiro atoms. The Morgan fingerprint density at radius 2 is 0.788 bits per heavy atom. The Morgan fingerprint density at radius 1 is 0.439 bits per heavy atom. The first kappa shape index (κ1) is 57.4. The molecule has 0 atom stereocenters. The Labute approximate surface area is 397 Å². The molecule has 0 bridgehead atoms. The fourth-order valence-corrected chi connectivity index (χ4v) is 7.46. The minimum absolute atomic E-state index is 0.0938. The van der Waals surface area contributed by atoms with Crippen LogP contribution in [-0.2, 0) is 58.6 Å². The van der Waals surface area contributed by atoms with Crippen LogP contribution in [0.2, 0.25) is 0 Å². The first-order valence-electron chi connectivity index (χ1n) is 25.1. The van der Waals surface area contributed by atoms with E-state index in [9.17, 15) is 14.4 Å². The summed E-state index contributed by atoms with van der Waals surface area (Å²) in [4.78, 5) is 46.6. The highest BCUT2D eigenvalue weighted by Gasteiger charge is 2.22. The molecule has 1 aromatic carbocycles. The molecule has 380 valence electrons. The second kappa shape index (κ2) is 38.0. The number of ether oxygens (including phenoxy) is 9. The zero-order valence-electron chi connectivity index (χ0n) is 41.2. The highest BCUT2D eigenvalue weighted by molar-refractivity contribution is 5.76. The third-order valence-corrected chi connectivity index (χ3v) is 11.3. The molecule has 3 rings (SSSR count). The molecule has 2 saturated heterocycles. The van der Waals surface area contributed by atoms with Gasteiger partial charge in [0.1, 0.15) is 5.60 Å². The summed E-state index contributed by atoms with van der Waals surface area (Å²) < 4.78 is 52.1. The summed E-state index contributed by atoms with van der Waals surface area (Å²) in [6.45, 7) is 18.7. The molecule has 0 aromatic heterocycles. The Balaban J connectivity index is 1.21. The van der Waals surface area contributed by atoms with Crippen LogP contribution in [0.3, 0.4) is 0 Å². The van der Waals surface area contributed by atoms with Crippen molar-refractivity contribution in [3.8, 4) is 0 Å². The maximum atomic E-state index is 13.2. The third-order valence-electron chi connectivity index (χ3n) is 11.3. The van der Waals surface area contributed by atoms with E-state index < -0.39 is 5.60 Å². The van der Waals surface area contributed by atoms with E-state index in [4.69, 9.17) is 42.6 Å². The SMILES string of the molecule is CC(C)(C)OC(=O)N1CCOCCOCCN(CCCCCCCCCCCC(=O)N2CCOCCOCCN(C(=O)CCc3ccccc3)CCOCCOCC2)CCOCCOCC1. The van der Waals surface area contributed by atoms with E-state index in [0.717, 1.165) is 50.9 Å². The number of carbonyl (C=O) groups excluding carboxylic acids is 3. The Bertz CT molecular complexity index is 1320. The van der Waals surface area contributed by atoms with Gasteiger partial charge in [-0.25, -0.2) is 4.79 Å². The monoisotopic (exact) mass is 937 g/mol. The topological polar surface area (TPSA) is 147 Å². The molecule has 2 aliphatic rings. The average Bonchev–Trinajstić information content (AvgIpc) is 3.29. The van der Waals surface area contributed by atoms with Crippen LogP contribution >= 0.6 is 0 Å². The summed E-state index contributed by atoms with van der Waals surface area (Å²) >= 11 is 0. The highest BCUT2D eigenvalue weighted by atomic mass is 16.6. The van der Waals surface area contributed by atoms with Crippen molar-refractivity contribution in [3.05, 3.63) is 35.9 Å². The zero-order chi connectivity index (χ0) is 47.2. The van der Waals surface area contributed by atoms with E-state index >= 15 is 0 Å². The number of benzene rings is 1. The van der Waals surface area contributed by atoms with Crippen LogP contribution in [0.5, 0.6) is 0 Å². The molecular weight excluding hydrogens is 849 g/mol. The van der Waals surface area contributed by atoms with Gasteiger partial charge in [0, 0.05) is 65.2 Å². The van der Waals surface area contributed by atoms with Gasteiger partial charge in [0.15, 0.2) is 0 Å². The van der Waals surface area contributed by atoms with Crippen molar-refractivity contribution in [1.82, 2.24) is 19.6 Å². The van der Waals surface area contributed by atoms with Crippen LogP contribution in [0, 0.1) is 0 Å². The zero-order valence-corrected chi connectivity index (χ0v) is 41.2. The Morgan fingerprint density at radius 3 is 1.20 bits per heavy atom. The van der Waals surface area contributed by atoms with Crippen LogP contribution in [0.25, 0.3) is 0 Å². The largest absolute Gasteiger partial charge is 0.444 e. The predicted octanol–water partition coefficient (Wildman–Crippen LogP) is 5.88.